The van der Waals surface area contributed by atoms with Crippen LogP contribution in [0, 0.1) is 6.92 Å². The number of hydrogen-bond acceptors (Lipinski definition) is 2. The fourth-order valence-corrected chi connectivity index (χ4v) is 2.49. The molecule has 0 aliphatic heterocycles. The summed E-state index contributed by atoms with van der Waals surface area (Å²) in [6, 6.07) is 6.11. The molecule has 1 aromatic carbocycles. The van der Waals surface area contributed by atoms with Crippen molar-refractivity contribution in [2.45, 2.75) is 46.6 Å². The second kappa shape index (κ2) is 6.07. The van der Waals surface area contributed by atoms with Crippen LogP contribution in [0.4, 0.5) is 0 Å². The van der Waals surface area contributed by atoms with E-state index in [0.29, 0.717) is 11.6 Å². The lowest BCUT2D eigenvalue weighted by Crippen LogP contribution is -2.24. The van der Waals surface area contributed by atoms with Gasteiger partial charge in [-0.05, 0) is 45.4 Å². The summed E-state index contributed by atoms with van der Waals surface area (Å²) >= 11 is 0. The molecular weight excluding hydrogens is 250 g/mol. The zero-order valence-corrected chi connectivity index (χ0v) is 12.7. The Morgan fingerprint density at radius 1 is 1.40 bits per heavy atom. The van der Waals surface area contributed by atoms with Crippen LogP contribution in [0.3, 0.4) is 0 Å². The Kier molecular flexibility index (Phi) is 4.42. The van der Waals surface area contributed by atoms with E-state index in [1.807, 2.05) is 25.1 Å². The summed E-state index contributed by atoms with van der Waals surface area (Å²) in [4.78, 5) is 16.6. The number of nitrogens with zero attached hydrogens (tertiary/aromatic N) is 2. The quantitative estimate of drug-likeness (QED) is 0.848. The van der Waals surface area contributed by atoms with Gasteiger partial charge in [-0.25, -0.2) is 4.98 Å². The average molecular weight is 273 g/mol. The molecule has 0 saturated heterocycles. The Balaban J connectivity index is 2.28. The zero-order chi connectivity index (χ0) is 14.7. The molecule has 0 spiro atoms. The van der Waals surface area contributed by atoms with Gasteiger partial charge in [0, 0.05) is 18.2 Å². The number of aromatic nitrogens is 2. The molecule has 0 bridgehead atoms. The van der Waals surface area contributed by atoms with Gasteiger partial charge in [0.15, 0.2) is 0 Å². The molecular formula is C16H23N3O. The maximum atomic E-state index is 12.0. The van der Waals surface area contributed by atoms with Crippen LogP contribution in [0.15, 0.2) is 18.2 Å². The molecule has 0 aliphatic rings. The lowest BCUT2D eigenvalue weighted by molar-refractivity contribution is 0.0953. The lowest BCUT2D eigenvalue weighted by atomic mass is 10.1. The fraction of sp³-hybridized carbons (Fsp3) is 0.500. The van der Waals surface area contributed by atoms with Crippen molar-refractivity contribution in [1.29, 1.82) is 0 Å². The van der Waals surface area contributed by atoms with E-state index in [-0.39, 0.29) is 5.91 Å². The van der Waals surface area contributed by atoms with Crippen molar-refractivity contribution in [3.63, 3.8) is 0 Å². The van der Waals surface area contributed by atoms with E-state index in [2.05, 4.69) is 35.6 Å². The second-order valence-electron chi connectivity index (χ2n) is 5.44. The van der Waals surface area contributed by atoms with Crippen LogP contribution < -0.4 is 5.32 Å². The van der Waals surface area contributed by atoms with Crippen molar-refractivity contribution >= 4 is 16.9 Å². The SMILES string of the molecule is CCCCNC(=O)c1ccc2c(c1)nc(C)n2C(C)C. The first-order chi connectivity index (χ1) is 9.54. The van der Waals surface area contributed by atoms with Crippen LogP contribution in [0.2, 0.25) is 0 Å². The number of carbonyl (C=O) groups excluding carboxylic acids is 1. The highest BCUT2D eigenvalue weighted by Gasteiger charge is 2.12. The monoisotopic (exact) mass is 273 g/mol. The number of amides is 1. The van der Waals surface area contributed by atoms with Gasteiger partial charge in [0.2, 0.25) is 0 Å². The minimum Gasteiger partial charge on any atom is -0.352 e. The van der Waals surface area contributed by atoms with Crippen LogP contribution >= 0.6 is 0 Å². The van der Waals surface area contributed by atoms with E-state index < -0.39 is 0 Å². The molecule has 0 radical (unpaired) electrons. The van der Waals surface area contributed by atoms with Gasteiger partial charge in [-0.2, -0.15) is 0 Å². The Morgan fingerprint density at radius 2 is 2.15 bits per heavy atom. The molecule has 2 aromatic rings. The van der Waals surface area contributed by atoms with E-state index in [1.165, 1.54) is 0 Å². The zero-order valence-electron chi connectivity index (χ0n) is 12.7. The Labute approximate surface area is 120 Å². The molecule has 4 heteroatoms. The molecule has 20 heavy (non-hydrogen) atoms. The van der Waals surface area contributed by atoms with Crippen LogP contribution in [0.5, 0.6) is 0 Å². The largest absolute Gasteiger partial charge is 0.352 e. The van der Waals surface area contributed by atoms with Crippen molar-refractivity contribution in [3.8, 4) is 0 Å². The van der Waals surface area contributed by atoms with E-state index in [9.17, 15) is 4.79 Å². The smallest absolute Gasteiger partial charge is 0.251 e. The van der Waals surface area contributed by atoms with E-state index >= 15 is 0 Å². The summed E-state index contributed by atoms with van der Waals surface area (Å²) < 4.78 is 2.19. The number of rotatable bonds is 5. The van der Waals surface area contributed by atoms with Gasteiger partial charge in [0.1, 0.15) is 5.82 Å². The third kappa shape index (κ3) is 2.84. The average Bonchev–Trinajstić information content (AvgIpc) is 2.73. The van der Waals surface area contributed by atoms with Gasteiger partial charge in [-0.15, -0.1) is 0 Å². The molecule has 1 heterocycles. The molecule has 0 atom stereocenters. The number of benzene rings is 1. The summed E-state index contributed by atoms with van der Waals surface area (Å²) in [5, 5.41) is 2.94. The van der Waals surface area contributed by atoms with Crippen LogP contribution in [-0.4, -0.2) is 22.0 Å². The summed E-state index contributed by atoms with van der Waals surface area (Å²) in [5.41, 5.74) is 2.66. The first kappa shape index (κ1) is 14.6. The highest BCUT2D eigenvalue weighted by atomic mass is 16.1. The number of unbranched alkanes of at least 4 members (excludes halogenated alkanes) is 1. The molecule has 0 unspecified atom stereocenters. The minimum absolute atomic E-state index is 0.0166. The topological polar surface area (TPSA) is 46.9 Å². The van der Waals surface area contributed by atoms with Crippen LogP contribution in [0.25, 0.3) is 11.0 Å². The molecule has 0 saturated carbocycles. The maximum Gasteiger partial charge on any atom is 0.251 e. The molecule has 4 nitrogen and oxygen atoms in total. The van der Waals surface area contributed by atoms with Crippen molar-refractivity contribution in [2.75, 3.05) is 6.54 Å². The van der Waals surface area contributed by atoms with E-state index in [0.717, 1.165) is 36.2 Å². The standard InChI is InChI=1S/C16H23N3O/c1-5-6-9-17-16(20)13-7-8-15-14(10-13)18-12(4)19(15)11(2)3/h7-8,10-11H,5-6,9H2,1-4H3,(H,17,20). The van der Waals surface area contributed by atoms with Crippen LogP contribution in [0.1, 0.15) is 55.8 Å². The summed E-state index contributed by atoms with van der Waals surface area (Å²) in [7, 11) is 0. The normalized spacial score (nSPS) is 11.2. The number of aryl methyl sites for hydroxylation is 1. The van der Waals surface area contributed by atoms with Gasteiger partial charge < -0.3 is 9.88 Å². The highest BCUT2D eigenvalue weighted by molar-refractivity contribution is 5.97. The Hall–Kier alpha value is -1.84. The van der Waals surface area contributed by atoms with E-state index in [4.69, 9.17) is 0 Å². The highest BCUT2D eigenvalue weighted by Crippen LogP contribution is 2.21. The molecule has 1 N–H and O–H groups in total. The molecule has 1 aromatic heterocycles. The first-order valence-electron chi connectivity index (χ1n) is 7.31. The maximum absolute atomic E-state index is 12.0. The lowest BCUT2D eigenvalue weighted by Gasteiger charge is -2.10. The van der Waals surface area contributed by atoms with Crippen LogP contribution in [-0.2, 0) is 0 Å². The van der Waals surface area contributed by atoms with Crippen molar-refractivity contribution < 1.29 is 4.79 Å². The van der Waals surface area contributed by atoms with Gasteiger partial charge in [-0.1, -0.05) is 13.3 Å². The van der Waals surface area contributed by atoms with Gasteiger partial charge in [0.05, 0.1) is 11.0 Å². The Bertz CT molecular complexity index is 613. The minimum atomic E-state index is -0.0166. The number of hydrogen-bond donors (Lipinski definition) is 1. The number of nitrogens with one attached hydrogen (secondary N) is 1. The third-order valence-corrected chi connectivity index (χ3v) is 3.46. The molecule has 0 aliphatic carbocycles. The van der Waals surface area contributed by atoms with Gasteiger partial charge in [0.25, 0.3) is 5.91 Å². The summed E-state index contributed by atoms with van der Waals surface area (Å²) in [5.74, 6) is 0.968. The number of fused-ring (bicyclic) bond motifs is 1. The molecule has 108 valence electrons. The molecule has 0 fully saturated rings. The van der Waals surface area contributed by atoms with Crippen molar-refractivity contribution in [1.82, 2.24) is 14.9 Å². The Morgan fingerprint density at radius 3 is 2.80 bits per heavy atom. The molecule has 2 rings (SSSR count). The molecule has 1 amide bonds. The van der Waals surface area contributed by atoms with Gasteiger partial charge >= 0.3 is 0 Å². The predicted octanol–water partition coefficient (Wildman–Crippen LogP) is 3.46. The van der Waals surface area contributed by atoms with Crippen molar-refractivity contribution in [2.24, 2.45) is 0 Å². The summed E-state index contributed by atoms with van der Waals surface area (Å²) in [6.45, 7) is 9.12. The van der Waals surface area contributed by atoms with E-state index in [1.54, 1.807) is 0 Å². The summed E-state index contributed by atoms with van der Waals surface area (Å²) in [6.07, 6.45) is 2.09. The third-order valence-electron chi connectivity index (χ3n) is 3.46. The fourth-order valence-electron chi connectivity index (χ4n) is 2.49. The second-order valence-corrected chi connectivity index (χ2v) is 5.44. The number of carbonyl (C=O) groups is 1. The van der Waals surface area contributed by atoms with Gasteiger partial charge in [-0.3, -0.25) is 4.79 Å². The predicted molar refractivity (Wildman–Crippen MR) is 82.1 cm³/mol. The first-order valence-corrected chi connectivity index (χ1v) is 7.31. The number of imidazole rings is 1. The van der Waals surface area contributed by atoms with Crippen molar-refractivity contribution in [3.05, 3.63) is 29.6 Å².